The Morgan fingerprint density at radius 3 is 1.44 bits per heavy atom. The maximum Gasteiger partial charge on any atom is 2.00 e. The van der Waals surface area contributed by atoms with Gasteiger partial charge in [0.15, 0.2) is 0 Å². The van der Waals surface area contributed by atoms with Crippen LogP contribution >= 0.6 is 0 Å². The van der Waals surface area contributed by atoms with Crippen LogP contribution in [0.2, 0.25) is 0 Å². The van der Waals surface area contributed by atoms with E-state index in [0.717, 1.165) is 46.7 Å². The summed E-state index contributed by atoms with van der Waals surface area (Å²) in [7, 11) is 0. The van der Waals surface area contributed by atoms with E-state index in [9.17, 15) is 0 Å². The molecule has 27 heavy (non-hydrogen) atoms. The molecule has 4 aromatic rings. The van der Waals surface area contributed by atoms with Crippen molar-refractivity contribution in [2.24, 2.45) is 0 Å². The first kappa shape index (κ1) is 19.2. The summed E-state index contributed by atoms with van der Waals surface area (Å²) in [4.78, 5) is 9.59. The van der Waals surface area contributed by atoms with Gasteiger partial charge in [-0.2, -0.15) is 71.8 Å². The van der Waals surface area contributed by atoms with E-state index in [1.807, 2.05) is 72.8 Å². The molecule has 0 unspecified atom stereocenters. The quantitative estimate of drug-likeness (QED) is 0.343. The Kier molecular flexibility index (Phi) is 6.68. The molecule has 0 spiro atoms. The third kappa shape index (κ3) is 5.21. The van der Waals surface area contributed by atoms with Crippen molar-refractivity contribution in [2.75, 3.05) is 0 Å². The summed E-state index contributed by atoms with van der Waals surface area (Å²) in [6, 6.07) is 34.7. The average molecular weight is 530 g/mol. The Hall–Kier alpha value is -2.57. The van der Waals surface area contributed by atoms with Crippen molar-refractivity contribution in [3.63, 3.8) is 0 Å². The fourth-order valence-electron chi connectivity index (χ4n) is 2.91. The average Bonchev–Trinajstić information content (AvgIpc) is 2.70. The molecule has 0 atom stereocenters. The summed E-state index contributed by atoms with van der Waals surface area (Å²) < 4.78 is 0. The van der Waals surface area contributed by atoms with Crippen molar-refractivity contribution in [3.05, 3.63) is 120 Å². The van der Waals surface area contributed by atoms with Gasteiger partial charge in [-0.15, -0.1) is 0 Å². The van der Waals surface area contributed by atoms with Crippen LogP contribution < -0.4 is 0 Å². The molecule has 0 aliphatic heterocycles. The van der Waals surface area contributed by atoms with Crippen LogP contribution in [0.3, 0.4) is 0 Å². The second-order valence-corrected chi connectivity index (χ2v) is 6.16. The van der Waals surface area contributed by atoms with Gasteiger partial charge in [0.25, 0.3) is 0 Å². The second-order valence-electron chi connectivity index (χ2n) is 6.16. The van der Waals surface area contributed by atoms with Crippen molar-refractivity contribution in [3.8, 4) is 11.4 Å². The minimum Gasteiger partial charge on any atom is -0.251 e. The van der Waals surface area contributed by atoms with Crippen molar-refractivity contribution in [2.45, 2.75) is 12.8 Å². The molecule has 0 aliphatic rings. The van der Waals surface area contributed by atoms with Crippen LogP contribution in [0, 0.1) is 12.1 Å². The Balaban J connectivity index is 0.00000210. The molecule has 134 valence electrons. The fraction of sp³-hybridized carbons (Fsp3) is 0.0833. The molecule has 2 aromatic heterocycles. The number of pyridine rings is 2. The Labute approximate surface area is 174 Å². The molecule has 2 heterocycles. The minimum atomic E-state index is 0. The first-order chi connectivity index (χ1) is 12.9. The van der Waals surface area contributed by atoms with Gasteiger partial charge in [0, 0.05) is 11.4 Å². The first-order valence-electron chi connectivity index (χ1n) is 8.70. The van der Waals surface area contributed by atoms with Gasteiger partial charge >= 0.3 is 21.1 Å². The summed E-state index contributed by atoms with van der Waals surface area (Å²) >= 11 is 0. The van der Waals surface area contributed by atoms with Gasteiger partial charge in [-0.1, -0.05) is 12.1 Å². The van der Waals surface area contributed by atoms with Crippen LogP contribution in [0.4, 0.5) is 0 Å². The molecule has 3 heteroatoms. The molecule has 0 saturated heterocycles. The molecular weight excluding hydrogens is 511 g/mol. The predicted octanol–water partition coefficient (Wildman–Crippen LogP) is 4.92. The van der Waals surface area contributed by atoms with Gasteiger partial charge in [-0.3, -0.25) is 9.97 Å². The largest absolute Gasteiger partial charge is 2.00 e. The monoisotopic (exact) mass is 529 g/mol. The van der Waals surface area contributed by atoms with Gasteiger partial charge in [-0.25, -0.2) is 0 Å². The van der Waals surface area contributed by atoms with Crippen LogP contribution in [-0.2, 0) is 33.9 Å². The maximum absolute atomic E-state index is 4.80. The van der Waals surface area contributed by atoms with Gasteiger partial charge in [0.2, 0.25) is 0 Å². The van der Waals surface area contributed by atoms with Gasteiger partial charge in [0.05, 0.1) is 11.4 Å². The van der Waals surface area contributed by atoms with E-state index in [-0.39, 0.29) is 21.1 Å². The van der Waals surface area contributed by atoms with Crippen molar-refractivity contribution in [1.29, 1.82) is 0 Å². The summed E-state index contributed by atoms with van der Waals surface area (Å²) in [5, 5.41) is 0. The topological polar surface area (TPSA) is 25.8 Å². The molecule has 0 fully saturated rings. The molecule has 2 aromatic carbocycles. The molecule has 2 nitrogen and oxygen atoms in total. The zero-order valence-corrected chi connectivity index (χ0v) is 17.0. The number of hydrogen-bond acceptors (Lipinski definition) is 2. The van der Waals surface area contributed by atoms with E-state index in [0.29, 0.717) is 0 Å². The third-order valence-corrected chi connectivity index (χ3v) is 4.17. The molecule has 0 radical (unpaired) electrons. The summed E-state index contributed by atoms with van der Waals surface area (Å²) in [5.41, 5.74) is 6.12. The zero-order valence-electron chi connectivity index (χ0n) is 14.7. The van der Waals surface area contributed by atoms with E-state index in [1.54, 1.807) is 0 Å². The molecule has 0 bridgehead atoms. The van der Waals surface area contributed by atoms with E-state index in [2.05, 4.69) is 24.3 Å². The normalized spacial score (nSPS) is 10.2. The first-order valence-corrected chi connectivity index (χ1v) is 8.70. The number of aromatic nitrogens is 2. The number of rotatable bonds is 5. The van der Waals surface area contributed by atoms with E-state index in [1.165, 1.54) is 0 Å². The Morgan fingerprint density at radius 1 is 0.556 bits per heavy atom. The molecular formula is C24H18N2Pt. The van der Waals surface area contributed by atoms with Gasteiger partial charge in [-0.05, 0) is 37.1 Å². The zero-order chi connectivity index (χ0) is 17.6. The molecule has 0 saturated carbocycles. The van der Waals surface area contributed by atoms with E-state index in [4.69, 9.17) is 9.97 Å². The van der Waals surface area contributed by atoms with E-state index < -0.39 is 0 Å². The molecule has 0 aliphatic carbocycles. The second kappa shape index (κ2) is 9.39. The fourth-order valence-corrected chi connectivity index (χ4v) is 2.91. The van der Waals surface area contributed by atoms with Crippen molar-refractivity contribution in [1.82, 2.24) is 9.97 Å². The van der Waals surface area contributed by atoms with Crippen LogP contribution in [0.5, 0.6) is 0 Å². The van der Waals surface area contributed by atoms with Crippen LogP contribution in [0.25, 0.3) is 11.4 Å². The van der Waals surface area contributed by atoms with Crippen LogP contribution in [0.15, 0.2) is 84.9 Å². The summed E-state index contributed by atoms with van der Waals surface area (Å²) in [6.45, 7) is 0. The number of nitrogens with zero attached hydrogens (tertiary/aromatic N) is 2. The Morgan fingerprint density at radius 2 is 1.04 bits per heavy atom. The van der Waals surface area contributed by atoms with Gasteiger partial charge < -0.3 is 0 Å². The van der Waals surface area contributed by atoms with Crippen LogP contribution in [0.1, 0.15) is 22.5 Å². The number of benzene rings is 2. The number of hydrogen-bond donors (Lipinski definition) is 0. The summed E-state index contributed by atoms with van der Waals surface area (Å²) in [6.07, 6.45) is 1.54. The van der Waals surface area contributed by atoms with Crippen molar-refractivity contribution >= 4 is 0 Å². The van der Waals surface area contributed by atoms with E-state index >= 15 is 0 Å². The predicted molar refractivity (Wildman–Crippen MR) is 104 cm³/mol. The maximum atomic E-state index is 4.80. The Bertz CT molecular complexity index is 902. The van der Waals surface area contributed by atoms with Gasteiger partial charge in [0.1, 0.15) is 0 Å². The van der Waals surface area contributed by atoms with Crippen molar-refractivity contribution < 1.29 is 21.1 Å². The SMILES string of the molecule is [Pt+2].[c-]1ccccc1Cc1cccc(-c2cccc(Cc3[c-]cccc3)n2)n1. The standard InChI is InChI=1S/C24H18N2.Pt/c1-3-9-19(10-4-1)17-21-13-7-15-23(25-21)24-16-8-14-22(26-24)18-20-11-5-2-6-12-20;/h1-9,11,13-16H,17-18H2;/q-2;+2. The third-order valence-electron chi connectivity index (χ3n) is 4.17. The van der Waals surface area contributed by atoms with Crippen LogP contribution in [-0.4, -0.2) is 9.97 Å². The smallest absolute Gasteiger partial charge is 0.251 e. The summed E-state index contributed by atoms with van der Waals surface area (Å²) in [5.74, 6) is 0. The molecule has 0 N–H and O–H groups in total. The molecule has 4 rings (SSSR count). The molecule has 0 amide bonds. The minimum absolute atomic E-state index is 0.